The summed E-state index contributed by atoms with van der Waals surface area (Å²) in [6, 6.07) is 7.53. The van der Waals surface area contributed by atoms with E-state index < -0.39 is 5.97 Å². The molecule has 1 aromatic rings. The van der Waals surface area contributed by atoms with Crippen molar-refractivity contribution in [3.05, 3.63) is 29.8 Å². The predicted octanol–water partition coefficient (Wildman–Crippen LogP) is 1.71. The van der Waals surface area contributed by atoms with Gasteiger partial charge in [-0.3, -0.25) is 9.59 Å². The van der Waals surface area contributed by atoms with Crippen LogP contribution in [0.3, 0.4) is 0 Å². The number of nitrogens with one attached hydrogen (secondary N) is 1. The number of amides is 1. The molecule has 1 aromatic carbocycles. The van der Waals surface area contributed by atoms with E-state index in [1.807, 2.05) is 24.3 Å². The van der Waals surface area contributed by atoms with E-state index in [1.54, 1.807) is 6.92 Å². The lowest BCUT2D eigenvalue weighted by Crippen LogP contribution is -2.37. The molecule has 5 nitrogen and oxygen atoms in total. The molecule has 0 aromatic heterocycles. The smallest absolute Gasteiger partial charge is 0.305 e. The molecule has 3 atom stereocenters. The lowest BCUT2D eigenvalue weighted by Gasteiger charge is -2.27. The van der Waals surface area contributed by atoms with E-state index in [2.05, 4.69) is 5.32 Å². The van der Waals surface area contributed by atoms with Gasteiger partial charge in [0.1, 0.15) is 5.75 Å². The van der Waals surface area contributed by atoms with Crippen molar-refractivity contribution in [2.24, 2.45) is 5.92 Å². The van der Waals surface area contributed by atoms with Gasteiger partial charge in [0.25, 0.3) is 0 Å². The van der Waals surface area contributed by atoms with Crippen molar-refractivity contribution in [1.29, 1.82) is 0 Å². The fourth-order valence-corrected chi connectivity index (χ4v) is 3.36. The second-order valence-corrected chi connectivity index (χ2v) is 6.01. The Morgan fingerprint density at radius 2 is 2.24 bits per heavy atom. The zero-order valence-corrected chi connectivity index (χ0v) is 12.0. The zero-order chi connectivity index (χ0) is 15.0. The maximum atomic E-state index is 12.3. The summed E-state index contributed by atoms with van der Waals surface area (Å²) in [4.78, 5) is 23.0. The molecular formula is C16H19NO4. The van der Waals surface area contributed by atoms with E-state index >= 15 is 0 Å². The van der Waals surface area contributed by atoms with Crippen LogP contribution < -0.4 is 10.1 Å². The minimum Gasteiger partial charge on any atom is -0.493 e. The summed E-state index contributed by atoms with van der Waals surface area (Å²) in [7, 11) is 0. The predicted molar refractivity (Wildman–Crippen MR) is 76.2 cm³/mol. The third kappa shape index (κ3) is 2.48. The van der Waals surface area contributed by atoms with Crippen LogP contribution >= 0.6 is 0 Å². The fraction of sp³-hybridized carbons (Fsp3) is 0.500. The number of aliphatic carboxylic acids is 1. The minimum atomic E-state index is -0.898. The largest absolute Gasteiger partial charge is 0.493 e. The molecule has 112 valence electrons. The summed E-state index contributed by atoms with van der Waals surface area (Å²) in [6.45, 7) is 2.35. The number of rotatable bonds is 4. The first-order chi connectivity index (χ1) is 10.0. The molecule has 0 radical (unpaired) electrons. The molecule has 0 saturated heterocycles. The molecule has 0 bridgehead atoms. The molecule has 1 amide bonds. The molecule has 21 heavy (non-hydrogen) atoms. The molecule has 1 aliphatic heterocycles. The van der Waals surface area contributed by atoms with Crippen LogP contribution in [0.4, 0.5) is 0 Å². The van der Waals surface area contributed by atoms with E-state index in [0.29, 0.717) is 6.61 Å². The average molecular weight is 289 g/mol. The summed E-state index contributed by atoms with van der Waals surface area (Å²) in [6.07, 6.45) is 1.61. The Bertz CT molecular complexity index is 585. The minimum absolute atomic E-state index is 0.0412. The van der Waals surface area contributed by atoms with E-state index in [4.69, 9.17) is 9.84 Å². The molecule has 1 aliphatic carbocycles. The van der Waals surface area contributed by atoms with Crippen molar-refractivity contribution >= 4 is 11.9 Å². The summed E-state index contributed by atoms with van der Waals surface area (Å²) in [5.74, 6) is -0.137. The molecule has 2 N–H and O–H groups in total. The second kappa shape index (κ2) is 5.06. The van der Waals surface area contributed by atoms with Crippen molar-refractivity contribution < 1.29 is 19.4 Å². The van der Waals surface area contributed by atoms with Gasteiger partial charge in [-0.25, -0.2) is 0 Å². The fourth-order valence-electron chi connectivity index (χ4n) is 3.36. The average Bonchev–Trinajstić information content (AvgIpc) is 3.13. The van der Waals surface area contributed by atoms with Crippen molar-refractivity contribution in [1.82, 2.24) is 5.32 Å². The number of carbonyl (C=O) groups is 2. The number of para-hydroxylation sites is 1. The highest BCUT2D eigenvalue weighted by Crippen LogP contribution is 2.60. The first-order valence-corrected chi connectivity index (χ1v) is 7.27. The Hall–Kier alpha value is -2.04. The van der Waals surface area contributed by atoms with Crippen molar-refractivity contribution in [2.75, 3.05) is 6.61 Å². The first kappa shape index (κ1) is 13.9. The van der Waals surface area contributed by atoms with E-state index in [9.17, 15) is 9.59 Å². The number of fused-ring (bicyclic) bond motifs is 2. The molecule has 1 fully saturated rings. The molecular weight excluding hydrogens is 270 g/mol. The van der Waals surface area contributed by atoms with Crippen LogP contribution in [0.25, 0.3) is 0 Å². The van der Waals surface area contributed by atoms with Crippen molar-refractivity contribution in [3.63, 3.8) is 0 Å². The maximum Gasteiger partial charge on any atom is 0.305 e. The Balaban J connectivity index is 1.71. The van der Waals surface area contributed by atoms with Gasteiger partial charge in [-0.15, -0.1) is 0 Å². The van der Waals surface area contributed by atoms with Gasteiger partial charge < -0.3 is 15.2 Å². The Morgan fingerprint density at radius 1 is 1.48 bits per heavy atom. The second-order valence-electron chi connectivity index (χ2n) is 6.01. The highest BCUT2D eigenvalue weighted by molar-refractivity contribution is 5.85. The highest BCUT2D eigenvalue weighted by Gasteiger charge is 2.61. The molecule has 1 unspecified atom stereocenters. The number of hydrogen-bond acceptors (Lipinski definition) is 3. The van der Waals surface area contributed by atoms with Gasteiger partial charge >= 0.3 is 5.97 Å². The van der Waals surface area contributed by atoms with Crippen LogP contribution in [0.5, 0.6) is 5.75 Å². The standard InChI is InChI=1S/C16H19NO4/c1-10(8-14(18)19)17-15(20)12-9-16(12)6-7-21-13-5-3-2-4-11(13)16/h2-5,10,12H,6-9H2,1H3,(H,17,20)(H,18,19)/t10?,12-,16-/m0/s1. The summed E-state index contributed by atoms with van der Waals surface area (Å²) in [5.41, 5.74) is 1.00. The Labute approximate surface area is 123 Å². The van der Waals surface area contributed by atoms with Crippen LogP contribution in [0.1, 0.15) is 31.7 Å². The summed E-state index contributed by atoms with van der Waals surface area (Å²) >= 11 is 0. The van der Waals surface area contributed by atoms with Gasteiger partial charge in [-0.2, -0.15) is 0 Å². The van der Waals surface area contributed by atoms with Crippen molar-refractivity contribution in [3.8, 4) is 5.75 Å². The maximum absolute atomic E-state index is 12.3. The molecule has 1 heterocycles. The molecule has 3 rings (SSSR count). The van der Waals surface area contributed by atoms with Gasteiger partial charge in [0.2, 0.25) is 5.91 Å². The van der Waals surface area contributed by atoms with Crippen molar-refractivity contribution in [2.45, 2.75) is 37.6 Å². The molecule has 2 aliphatic rings. The number of carboxylic acids is 1. The van der Waals surface area contributed by atoms with Gasteiger partial charge in [0, 0.05) is 22.9 Å². The van der Waals surface area contributed by atoms with Gasteiger partial charge in [-0.05, 0) is 25.8 Å². The van der Waals surface area contributed by atoms with Crippen LogP contribution in [0, 0.1) is 5.92 Å². The van der Waals surface area contributed by atoms with E-state index in [0.717, 1.165) is 24.2 Å². The number of ether oxygens (including phenoxy) is 1. The summed E-state index contributed by atoms with van der Waals surface area (Å²) in [5, 5.41) is 11.6. The number of carboxylic acid groups (broad SMARTS) is 1. The normalized spacial score (nSPS) is 27.4. The number of hydrogen-bond donors (Lipinski definition) is 2. The van der Waals surface area contributed by atoms with Gasteiger partial charge in [-0.1, -0.05) is 18.2 Å². The number of benzene rings is 1. The lowest BCUT2D eigenvalue weighted by molar-refractivity contribution is -0.137. The third-order valence-corrected chi connectivity index (χ3v) is 4.49. The van der Waals surface area contributed by atoms with E-state index in [1.165, 1.54) is 0 Å². The number of carbonyl (C=O) groups excluding carboxylic acids is 1. The van der Waals surface area contributed by atoms with Crippen LogP contribution in [0.2, 0.25) is 0 Å². The Morgan fingerprint density at radius 3 is 3.00 bits per heavy atom. The van der Waals surface area contributed by atoms with Gasteiger partial charge in [0.15, 0.2) is 0 Å². The quantitative estimate of drug-likeness (QED) is 0.884. The van der Waals surface area contributed by atoms with Crippen LogP contribution in [-0.2, 0) is 15.0 Å². The van der Waals surface area contributed by atoms with Crippen LogP contribution in [-0.4, -0.2) is 29.6 Å². The molecule has 5 heteroatoms. The lowest BCUT2D eigenvalue weighted by atomic mass is 9.87. The zero-order valence-electron chi connectivity index (χ0n) is 12.0. The topological polar surface area (TPSA) is 75.6 Å². The molecule has 1 spiro atoms. The first-order valence-electron chi connectivity index (χ1n) is 7.27. The summed E-state index contributed by atoms with van der Waals surface area (Å²) < 4.78 is 5.65. The van der Waals surface area contributed by atoms with E-state index in [-0.39, 0.29) is 29.7 Å². The van der Waals surface area contributed by atoms with Gasteiger partial charge in [0.05, 0.1) is 13.0 Å². The van der Waals surface area contributed by atoms with Crippen LogP contribution in [0.15, 0.2) is 24.3 Å². The molecule has 1 saturated carbocycles. The Kier molecular flexibility index (Phi) is 3.35. The SMILES string of the molecule is CC(CC(=O)O)NC(=O)[C@@H]1C[C@]12CCOc1ccccc12. The third-order valence-electron chi connectivity index (χ3n) is 4.49. The monoisotopic (exact) mass is 289 g/mol. The highest BCUT2D eigenvalue weighted by atomic mass is 16.5.